The van der Waals surface area contributed by atoms with Crippen molar-refractivity contribution in [1.82, 2.24) is 5.48 Å². The molecule has 0 aliphatic rings. The highest BCUT2D eigenvalue weighted by molar-refractivity contribution is 5.39. The third-order valence-corrected chi connectivity index (χ3v) is 1.76. The van der Waals surface area contributed by atoms with E-state index in [-0.39, 0.29) is 0 Å². The molecule has 0 amide bonds. The van der Waals surface area contributed by atoms with E-state index in [1.54, 1.807) is 7.11 Å². The molecule has 0 aliphatic heterocycles. The highest BCUT2D eigenvalue weighted by Gasteiger charge is 2.00. The molecular weight excluding hydrogens is 182 g/mol. The van der Waals surface area contributed by atoms with Crippen molar-refractivity contribution in [3.8, 4) is 11.5 Å². The first-order valence-corrected chi connectivity index (χ1v) is 4.51. The minimum absolute atomic E-state index is 0.523. The SMILES string of the molecule is COc1ccccc1OCCCNO. The smallest absolute Gasteiger partial charge is 0.161 e. The summed E-state index contributed by atoms with van der Waals surface area (Å²) in [5.41, 5.74) is 2.07. The van der Waals surface area contributed by atoms with Crippen molar-refractivity contribution in [2.45, 2.75) is 6.42 Å². The Morgan fingerprint density at radius 2 is 2.00 bits per heavy atom. The molecule has 0 fully saturated rings. The number of hydrogen-bond acceptors (Lipinski definition) is 4. The summed E-state index contributed by atoms with van der Waals surface area (Å²) < 4.78 is 10.6. The number of ether oxygens (including phenoxy) is 2. The van der Waals surface area contributed by atoms with Crippen molar-refractivity contribution in [3.05, 3.63) is 24.3 Å². The summed E-state index contributed by atoms with van der Waals surface area (Å²) in [4.78, 5) is 0. The minimum Gasteiger partial charge on any atom is -0.493 e. The van der Waals surface area contributed by atoms with E-state index < -0.39 is 0 Å². The molecule has 0 spiro atoms. The van der Waals surface area contributed by atoms with Crippen LogP contribution in [0.2, 0.25) is 0 Å². The van der Waals surface area contributed by atoms with Crippen LogP contribution in [0.5, 0.6) is 11.5 Å². The van der Waals surface area contributed by atoms with Gasteiger partial charge in [-0.15, -0.1) is 0 Å². The van der Waals surface area contributed by atoms with Gasteiger partial charge in [0, 0.05) is 6.54 Å². The van der Waals surface area contributed by atoms with Crippen LogP contribution >= 0.6 is 0 Å². The summed E-state index contributed by atoms with van der Waals surface area (Å²) in [6.07, 6.45) is 0.745. The summed E-state index contributed by atoms with van der Waals surface area (Å²) in [7, 11) is 1.61. The monoisotopic (exact) mass is 197 g/mol. The molecule has 1 aromatic rings. The molecule has 0 radical (unpaired) electrons. The van der Waals surface area contributed by atoms with Gasteiger partial charge < -0.3 is 14.7 Å². The van der Waals surface area contributed by atoms with Crippen LogP contribution in [-0.4, -0.2) is 25.5 Å². The molecule has 0 saturated carbocycles. The van der Waals surface area contributed by atoms with Crippen molar-refractivity contribution in [3.63, 3.8) is 0 Å². The van der Waals surface area contributed by atoms with Crippen LogP contribution in [0.15, 0.2) is 24.3 Å². The fraction of sp³-hybridized carbons (Fsp3) is 0.400. The van der Waals surface area contributed by atoms with Gasteiger partial charge in [-0.3, -0.25) is 0 Å². The van der Waals surface area contributed by atoms with Crippen LogP contribution in [0.1, 0.15) is 6.42 Å². The highest BCUT2D eigenvalue weighted by atomic mass is 16.5. The predicted molar refractivity (Wildman–Crippen MR) is 52.9 cm³/mol. The molecule has 0 heterocycles. The molecule has 0 saturated heterocycles. The summed E-state index contributed by atoms with van der Waals surface area (Å²) in [5, 5.41) is 8.33. The molecule has 78 valence electrons. The van der Waals surface area contributed by atoms with E-state index in [4.69, 9.17) is 14.7 Å². The first-order valence-electron chi connectivity index (χ1n) is 4.51. The van der Waals surface area contributed by atoms with Gasteiger partial charge in [-0.2, -0.15) is 0 Å². The van der Waals surface area contributed by atoms with Gasteiger partial charge in [0.1, 0.15) is 0 Å². The van der Waals surface area contributed by atoms with E-state index in [1.807, 2.05) is 24.3 Å². The van der Waals surface area contributed by atoms with Crippen LogP contribution in [0.4, 0.5) is 0 Å². The fourth-order valence-corrected chi connectivity index (χ4v) is 1.07. The van der Waals surface area contributed by atoms with Gasteiger partial charge in [0.15, 0.2) is 11.5 Å². The molecular formula is C10H15NO3. The number of benzene rings is 1. The van der Waals surface area contributed by atoms with Crippen molar-refractivity contribution < 1.29 is 14.7 Å². The van der Waals surface area contributed by atoms with E-state index in [2.05, 4.69) is 5.48 Å². The summed E-state index contributed by atoms with van der Waals surface area (Å²) in [6, 6.07) is 7.48. The number of hydroxylamine groups is 1. The molecule has 1 aromatic carbocycles. The third kappa shape index (κ3) is 3.24. The molecule has 4 heteroatoms. The lowest BCUT2D eigenvalue weighted by atomic mass is 10.3. The minimum atomic E-state index is 0.523. The Hall–Kier alpha value is -1.26. The zero-order valence-corrected chi connectivity index (χ0v) is 8.19. The maximum Gasteiger partial charge on any atom is 0.161 e. The van der Waals surface area contributed by atoms with Gasteiger partial charge in [0.05, 0.1) is 13.7 Å². The second-order valence-corrected chi connectivity index (χ2v) is 2.76. The molecule has 14 heavy (non-hydrogen) atoms. The lowest BCUT2D eigenvalue weighted by Crippen LogP contribution is -2.12. The van der Waals surface area contributed by atoms with E-state index in [0.29, 0.717) is 13.2 Å². The van der Waals surface area contributed by atoms with Gasteiger partial charge in [0.25, 0.3) is 0 Å². The lowest BCUT2D eigenvalue weighted by molar-refractivity contribution is 0.157. The first kappa shape index (κ1) is 10.8. The highest BCUT2D eigenvalue weighted by Crippen LogP contribution is 2.25. The molecule has 4 nitrogen and oxygen atoms in total. The van der Waals surface area contributed by atoms with Crippen LogP contribution in [0, 0.1) is 0 Å². The molecule has 0 unspecified atom stereocenters. The topological polar surface area (TPSA) is 50.7 Å². The molecule has 2 N–H and O–H groups in total. The Bertz CT molecular complexity index is 265. The fourth-order valence-electron chi connectivity index (χ4n) is 1.07. The maximum atomic E-state index is 8.33. The second-order valence-electron chi connectivity index (χ2n) is 2.76. The van der Waals surface area contributed by atoms with Gasteiger partial charge >= 0.3 is 0 Å². The zero-order chi connectivity index (χ0) is 10.2. The van der Waals surface area contributed by atoms with Gasteiger partial charge in [-0.25, -0.2) is 5.48 Å². The van der Waals surface area contributed by atoms with Crippen LogP contribution in [-0.2, 0) is 0 Å². The normalized spacial score (nSPS) is 9.86. The number of methoxy groups -OCH3 is 1. The van der Waals surface area contributed by atoms with Crippen LogP contribution in [0.3, 0.4) is 0 Å². The third-order valence-electron chi connectivity index (χ3n) is 1.76. The number of nitrogens with one attached hydrogen (secondary N) is 1. The molecule has 0 bridgehead atoms. The van der Waals surface area contributed by atoms with Crippen molar-refractivity contribution >= 4 is 0 Å². The van der Waals surface area contributed by atoms with Gasteiger partial charge in [-0.05, 0) is 18.6 Å². The first-order chi connectivity index (χ1) is 6.88. The van der Waals surface area contributed by atoms with E-state index >= 15 is 0 Å². The molecule has 1 rings (SSSR count). The summed E-state index contributed by atoms with van der Waals surface area (Å²) in [6.45, 7) is 1.07. The van der Waals surface area contributed by atoms with Gasteiger partial charge in [0.2, 0.25) is 0 Å². The average Bonchev–Trinajstić information content (AvgIpc) is 2.25. The number of rotatable bonds is 6. The molecule has 0 atom stereocenters. The Morgan fingerprint density at radius 3 is 2.64 bits per heavy atom. The largest absolute Gasteiger partial charge is 0.493 e. The van der Waals surface area contributed by atoms with Crippen molar-refractivity contribution in [2.75, 3.05) is 20.3 Å². The number of para-hydroxylation sites is 2. The van der Waals surface area contributed by atoms with Gasteiger partial charge in [-0.1, -0.05) is 12.1 Å². The zero-order valence-electron chi connectivity index (χ0n) is 8.19. The Kier molecular flexibility index (Phi) is 4.82. The summed E-state index contributed by atoms with van der Waals surface area (Å²) in [5.74, 6) is 1.46. The van der Waals surface area contributed by atoms with Crippen molar-refractivity contribution in [2.24, 2.45) is 0 Å². The van der Waals surface area contributed by atoms with Crippen LogP contribution < -0.4 is 15.0 Å². The average molecular weight is 197 g/mol. The quantitative estimate of drug-likeness (QED) is 0.535. The Morgan fingerprint density at radius 1 is 1.29 bits per heavy atom. The number of hydrogen-bond donors (Lipinski definition) is 2. The predicted octanol–water partition coefficient (Wildman–Crippen LogP) is 1.44. The Balaban J connectivity index is 2.41. The van der Waals surface area contributed by atoms with Crippen molar-refractivity contribution in [1.29, 1.82) is 0 Å². The lowest BCUT2D eigenvalue weighted by Gasteiger charge is -2.09. The van der Waals surface area contributed by atoms with E-state index in [0.717, 1.165) is 17.9 Å². The van der Waals surface area contributed by atoms with E-state index in [9.17, 15) is 0 Å². The van der Waals surface area contributed by atoms with Crippen LogP contribution in [0.25, 0.3) is 0 Å². The second kappa shape index (κ2) is 6.23. The Labute approximate surface area is 83.4 Å². The molecule has 0 aliphatic carbocycles. The molecule has 0 aromatic heterocycles. The maximum absolute atomic E-state index is 8.33. The summed E-state index contributed by atoms with van der Waals surface area (Å²) >= 11 is 0. The standard InChI is InChI=1S/C10H15NO3/c1-13-9-5-2-3-6-10(9)14-8-4-7-11-12/h2-3,5-6,11-12H,4,7-8H2,1H3. The van der Waals surface area contributed by atoms with E-state index in [1.165, 1.54) is 0 Å².